The van der Waals surface area contributed by atoms with E-state index in [1.54, 1.807) is 38.0 Å². The van der Waals surface area contributed by atoms with Crippen molar-refractivity contribution < 1.29 is 9.59 Å². The van der Waals surface area contributed by atoms with Gasteiger partial charge in [-0.1, -0.05) is 0 Å². The van der Waals surface area contributed by atoms with Crippen LogP contribution in [-0.4, -0.2) is 57.5 Å². The van der Waals surface area contributed by atoms with Crippen molar-refractivity contribution in [1.29, 1.82) is 0 Å². The molecule has 1 aliphatic rings. The summed E-state index contributed by atoms with van der Waals surface area (Å²) in [6.45, 7) is 0.0751. The van der Waals surface area contributed by atoms with Crippen LogP contribution in [0.2, 0.25) is 0 Å². The van der Waals surface area contributed by atoms with Gasteiger partial charge in [-0.3, -0.25) is 14.7 Å². The Morgan fingerprint density at radius 3 is 3.03 bits per heavy atom. The number of aromatic nitrogens is 4. The molecule has 0 spiro atoms. The van der Waals surface area contributed by atoms with E-state index in [0.29, 0.717) is 6.42 Å². The van der Waals surface area contributed by atoms with Crippen molar-refractivity contribution in [2.75, 3.05) is 26.0 Å². The Hall–Kier alpha value is -3.53. The molecule has 32 heavy (non-hydrogen) atoms. The number of thiophene rings is 1. The summed E-state index contributed by atoms with van der Waals surface area (Å²) in [4.78, 5) is 37.1. The molecule has 0 radical (unpaired) electrons. The van der Waals surface area contributed by atoms with E-state index >= 15 is 0 Å². The number of anilines is 2. The number of rotatable bonds is 5. The largest absolute Gasteiger partial charge is 0.358 e. The fourth-order valence-corrected chi connectivity index (χ4v) is 5.52. The molecule has 0 aliphatic heterocycles. The van der Waals surface area contributed by atoms with Crippen LogP contribution in [0, 0.1) is 5.92 Å². The van der Waals surface area contributed by atoms with Crippen molar-refractivity contribution in [2.24, 2.45) is 5.92 Å². The highest BCUT2D eigenvalue weighted by Crippen LogP contribution is 2.40. The zero-order valence-corrected chi connectivity index (χ0v) is 18.6. The van der Waals surface area contributed by atoms with Gasteiger partial charge < -0.3 is 15.5 Å². The first-order chi connectivity index (χ1) is 15.5. The fraction of sp³-hybridized carbons (Fsp3) is 0.318. The predicted molar refractivity (Wildman–Crippen MR) is 124 cm³/mol. The lowest BCUT2D eigenvalue weighted by Gasteiger charge is -2.26. The molecule has 1 aliphatic carbocycles. The van der Waals surface area contributed by atoms with Gasteiger partial charge in [-0.15, -0.1) is 11.3 Å². The lowest BCUT2D eigenvalue weighted by atomic mass is 9.87. The van der Waals surface area contributed by atoms with E-state index < -0.39 is 0 Å². The Labute approximate surface area is 188 Å². The molecule has 164 valence electrons. The smallest absolute Gasteiger partial charge is 0.239 e. The van der Waals surface area contributed by atoms with Gasteiger partial charge >= 0.3 is 0 Å². The molecule has 1 atom stereocenters. The molecule has 2 amide bonds. The number of H-pyrrole nitrogens is 1. The fourth-order valence-electron chi connectivity index (χ4n) is 4.26. The van der Waals surface area contributed by atoms with E-state index in [-0.39, 0.29) is 24.3 Å². The van der Waals surface area contributed by atoms with Crippen LogP contribution in [0.4, 0.5) is 11.5 Å². The third-order valence-electron chi connectivity index (χ3n) is 5.93. The standard InChI is InChI=1S/C22H23N7O2S/c1-23-18(30)10-29(2)22(31)12-3-5-15-17(8-12)32-21-19(15)20(24-11-25-21)27-14-4-6-16-13(7-14)9-26-28-16/h4,6-7,9,11-12H,3,5,8,10H2,1-2H3,(H,23,30)(H,26,28)(H,24,25,27)/t12-/m0/s1. The monoisotopic (exact) mass is 449 g/mol. The second-order valence-electron chi connectivity index (χ2n) is 8.01. The van der Waals surface area contributed by atoms with Crippen molar-refractivity contribution >= 4 is 55.8 Å². The molecule has 5 rings (SSSR count). The summed E-state index contributed by atoms with van der Waals surface area (Å²) in [5.74, 6) is 0.489. The Morgan fingerprint density at radius 1 is 1.31 bits per heavy atom. The van der Waals surface area contributed by atoms with Gasteiger partial charge in [0.25, 0.3) is 0 Å². The number of hydrogen-bond acceptors (Lipinski definition) is 7. The minimum absolute atomic E-state index is 0.00885. The van der Waals surface area contributed by atoms with Gasteiger partial charge in [-0.2, -0.15) is 5.10 Å². The van der Waals surface area contributed by atoms with Gasteiger partial charge in [0.1, 0.15) is 17.0 Å². The van der Waals surface area contributed by atoms with Crippen LogP contribution in [-0.2, 0) is 22.4 Å². The molecule has 4 aromatic rings. The van der Waals surface area contributed by atoms with E-state index in [4.69, 9.17) is 0 Å². The first-order valence-electron chi connectivity index (χ1n) is 10.4. The number of carbonyl (C=O) groups is 2. The lowest BCUT2D eigenvalue weighted by Crippen LogP contribution is -2.41. The number of nitrogens with one attached hydrogen (secondary N) is 3. The van der Waals surface area contributed by atoms with E-state index in [1.807, 2.05) is 18.2 Å². The van der Waals surface area contributed by atoms with Crippen LogP contribution in [0.25, 0.3) is 21.1 Å². The molecule has 3 N–H and O–H groups in total. The van der Waals surface area contributed by atoms with Crippen molar-refractivity contribution in [1.82, 2.24) is 30.4 Å². The summed E-state index contributed by atoms with van der Waals surface area (Å²) in [7, 11) is 3.26. The Kier molecular flexibility index (Phi) is 5.22. The summed E-state index contributed by atoms with van der Waals surface area (Å²) in [6.07, 6.45) is 5.55. The summed E-state index contributed by atoms with van der Waals surface area (Å²) in [5.41, 5.74) is 3.13. The van der Waals surface area contributed by atoms with Crippen molar-refractivity contribution in [3.63, 3.8) is 0 Å². The molecular weight excluding hydrogens is 426 g/mol. The quantitative estimate of drug-likeness (QED) is 0.431. The molecule has 3 heterocycles. The summed E-state index contributed by atoms with van der Waals surface area (Å²) in [6, 6.07) is 6.00. The van der Waals surface area contributed by atoms with Crippen molar-refractivity contribution in [2.45, 2.75) is 19.3 Å². The Bertz CT molecular complexity index is 1330. The molecule has 10 heteroatoms. The molecule has 0 unspecified atom stereocenters. The van der Waals surface area contributed by atoms with Gasteiger partial charge in [-0.25, -0.2) is 9.97 Å². The highest BCUT2D eigenvalue weighted by molar-refractivity contribution is 7.19. The molecular formula is C22H23N7O2S. The maximum atomic E-state index is 12.9. The number of carbonyl (C=O) groups excluding carboxylic acids is 2. The number of amides is 2. The number of benzene rings is 1. The number of likely N-dealkylation sites (N-methyl/N-ethyl adjacent to an activating group) is 2. The zero-order valence-electron chi connectivity index (χ0n) is 17.8. The first kappa shape index (κ1) is 20.4. The highest BCUT2D eigenvalue weighted by atomic mass is 32.1. The number of aromatic amines is 1. The van der Waals surface area contributed by atoms with Crippen LogP contribution in [0.3, 0.4) is 0 Å². The van der Waals surface area contributed by atoms with Crippen LogP contribution >= 0.6 is 11.3 Å². The number of aryl methyl sites for hydroxylation is 1. The first-order valence-corrected chi connectivity index (χ1v) is 11.3. The predicted octanol–water partition coefficient (Wildman–Crippen LogP) is 2.62. The van der Waals surface area contributed by atoms with Crippen LogP contribution in [0.5, 0.6) is 0 Å². The average molecular weight is 450 g/mol. The number of hydrogen-bond donors (Lipinski definition) is 3. The van der Waals surface area contributed by atoms with Gasteiger partial charge in [0, 0.05) is 36.0 Å². The van der Waals surface area contributed by atoms with Crippen LogP contribution in [0.1, 0.15) is 16.9 Å². The van der Waals surface area contributed by atoms with Gasteiger partial charge in [0.2, 0.25) is 11.8 Å². The molecule has 0 fully saturated rings. The molecule has 9 nitrogen and oxygen atoms in total. The van der Waals surface area contributed by atoms with E-state index in [9.17, 15) is 9.59 Å². The van der Waals surface area contributed by atoms with E-state index in [2.05, 4.69) is 30.8 Å². The SMILES string of the molecule is CNC(=O)CN(C)C(=O)[C@H]1CCc2c(sc3ncnc(Nc4ccc5[nH]ncc5c4)c23)C1. The zero-order chi connectivity index (χ0) is 22.2. The van der Waals surface area contributed by atoms with Crippen molar-refractivity contribution in [3.05, 3.63) is 41.2 Å². The van der Waals surface area contributed by atoms with Crippen molar-refractivity contribution in [3.8, 4) is 0 Å². The third-order valence-corrected chi connectivity index (χ3v) is 7.10. The number of nitrogens with zero attached hydrogens (tertiary/aromatic N) is 4. The third kappa shape index (κ3) is 3.66. The Morgan fingerprint density at radius 2 is 2.19 bits per heavy atom. The molecule has 3 aromatic heterocycles. The molecule has 1 aromatic carbocycles. The normalized spacial score (nSPS) is 15.5. The summed E-state index contributed by atoms with van der Waals surface area (Å²) >= 11 is 1.62. The number of fused-ring (bicyclic) bond motifs is 4. The van der Waals surface area contributed by atoms with Gasteiger partial charge in [0.05, 0.1) is 23.6 Å². The maximum absolute atomic E-state index is 12.9. The van der Waals surface area contributed by atoms with Crippen LogP contribution < -0.4 is 10.6 Å². The van der Waals surface area contributed by atoms with Gasteiger partial charge in [0.15, 0.2) is 0 Å². The molecule has 0 saturated heterocycles. The molecule has 0 saturated carbocycles. The average Bonchev–Trinajstić information content (AvgIpc) is 3.42. The maximum Gasteiger partial charge on any atom is 0.239 e. The van der Waals surface area contributed by atoms with Gasteiger partial charge in [-0.05, 0) is 43.0 Å². The topological polar surface area (TPSA) is 116 Å². The second-order valence-corrected chi connectivity index (χ2v) is 9.09. The molecule has 0 bridgehead atoms. The minimum atomic E-state index is -0.168. The Balaban J connectivity index is 1.41. The second kappa shape index (κ2) is 8.19. The minimum Gasteiger partial charge on any atom is -0.358 e. The van der Waals surface area contributed by atoms with E-state index in [0.717, 1.165) is 45.5 Å². The lowest BCUT2D eigenvalue weighted by molar-refractivity contribution is -0.138. The van der Waals surface area contributed by atoms with E-state index in [1.165, 1.54) is 15.3 Å². The summed E-state index contributed by atoms with van der Waals surface area (Å²) < 4.78 is 0. The highest BCUT2D eigenvalue weighted by Gasteiger charge is 2.31. The van der Waals surface area contributed by atoms with Crippen LogP contribution in [0.15, 0.2) is 30.7 Å². The summed E-state index contributed by atoms with van der Waals surface area (Å²) in [5, 5.41) is 15.1.